The number of rotatable bonds is 0. The van der Waals surface area contributed by atoms with Crippen LogP contribution in [0.25, 0.3) is 0 Å². The highest BCUT2D eigenvalue weighted by Gasteiger charge is 2.03. The minimum absolute atomic E-state index is 0.994. The van der Waals surface area contributed by atoms with Gasteiger partial charge in [0.15, 0.2) is 0 Å². The van der Waals surface area contributed by atoms with Gasteiger partial charge in [0.05, 0.1) is 11.4 Å². The van der Waals surface area contributed by atoms with Gasteiger partial charge in [-0.3, -0.25) is 0 Å². The van der Waals surface area contributed by atoms with Crippen LogP contribution in [-0.2, 0) is 0 Å². The molecule has 0 aliphatic carbocycles. The van der Waals surface area contributed by atoms with Crippen LogP contribution in [-0.4, -0.2) is 13.1 Å². The summed E-state index contributed by atoms with van der Waals surface area (Å²) in [5.41, 5.74) is 2.25. The number of benzene rings is 1. The summed E-state index contributed by atoms with van der Waals surface area (Å²) in [6, 6.07) is 9.07. The molecule has 2 rings (SSSR count). The summed E-state index contributed by atoms with van der Waals surface area (Å²) in [6.07, 6.45) is 0. The van der Waals surface area contributed by atoms with Gasteiger partial charge in [0.25, 0.3) is 0 Å². The van der Waals surface area contributed by atoms with E-state index in [1.165, 1.54) is 0 Å². The van der Waals surface area contributed by atoms with E-state index in [1.807, 2.05) is 12.1 Å². The van der Waals surface area contributed by atoms with E-state index in [0.717, 1.165) is 24.5 Å². The van der Waals surface area contributed by atoms with Gasteiger partial charge in [0.2, 0.25) is 0 Å². The van der Waals surface area contributed by atoms with E-state index in [1.54, 1.807) is 0 Å². The Labute approximate surface area is 60.3 Å². The lowest BCUT2D eigenvalue weighted by Crippen LogP contribution is -2.20. The fraction of sp³-hybridized carbons (Fsp3) is 0.250. The predicted octanol–water partition coefficient (Wildman–Crippen LogP) is 1.32. The third-order valence-corrected chi connectivity index (χ3v) is 1.60. The quantitative estimate of drug-likeness (QED) is 0.557. The van der Waals surface area contributed by atoms with Gasteiger partial charge in [-0.2, -0.15) is 0 Å². The minimum Gasteiger partial charge on any atom is -0.382 e. The number of para-hydroxylation sites is 1. The van der Waals surface area contributed by atoms with E-state index in [2.05, 4.69) is 22.8 Å². The van der Waals surface area contributed by atoms with Crippen LogP contribution >= 0.6 is 0 Å². The maximum Gasteiger partial charge on any atom is 0.0657 e. The second kappa shape index (κ2) is 2.21. The highest BCUT2D eigenvalue weighted by Crippen LogP contribution is 2.21. The van der Waals surface area contributed by atoms with Crippen molar-refractivity contribution in [3.05, 3.63) is 24.3 Å². The Hall–Kier alpha value is -1.18. The molecule has 0 bridgehead atoms. The third kappa shape index (κ3) is 0.817. The summed E-state index contributed by atoms with van der Waals surface area (Å²) < 4.78 is 0. The number of hydrogen-bond donors (Lipinski definition) is 2. The molecule has 1 radical (unpaired) electrons. The number of nitrogens with one attached hydrogen (secondary N) is 2. The third-order valence-electron chi connectivity index (χ3n) is 1.60. The van der Waals surface area contributed by atoms with Gasteiger partial charge in [0.1, 0.15) is 0 Å². The maximum absolute atomic E-state index is 3.27. The molecule has 51 valence electrons. The highest BCUT2D eigenvalue weighted by molar-refractivity contribution is 5.69. The van der Waals surface area contributed by atoms with E-state index in [0.29, 0.717) is 0 Å². The van der Waals surface area contributed by atoms with Crippen molar-refractivity contribution in [2.45, 2.75) is 0 Å². The van der Waals surface area contributed by atoms with Crippen LogP contribution in [0, 0.1) is 6.07 Å². The average Bonchev–Trinajstić information content (AvgIpc) is 2.05. The molecule has 0 spiro atoms. The number of anilines is 2. The molecule has 2 nitrogen and oxygen atoms in total. The zero-order valence-electron chi connectivity index (χ0n) is 5.65. The van der Waals surface area contributed by atoms with E-state index < -0.39 is 0 Å². The first-order valence-corrected chi connectivity index (χ1v) is 3.45. The van der Waals surface area contributed by atoms with Crippen LogP contribution < -0.4 is 10.6 Å². The van der Waals surface area contributed by atoms with Crippen LogP contribution in [0.4, 0.5) is 11.4 Å². The Bertz CT molecular complexity index is 207. The molecule has 0 saturated carbocycles. The molecule has 0 saturated heterocycles. The van der Waals surface area contributed by atoms with E-state index >= 15 is 0 Å². The van der Waals surface area contributed by atoms with Crippen molar-refractivity contribution in [2.75, 3.05) is 23.7 Å². The Morgan fingerprint density at radius 1 is 1.30 bits per heavy atom. The highest BCUT2D eigenvalue weighted by atomic mass is 15.0. The zero-order valence-corrected chi connectivity index (χ0v) is 5.65. The van der Waals surface area contributed by atoms with Gasteiger partial charge in [-0.1, -0.05) is 12.1 Å². The Balaban J connectivity index is 2.41. The summed E-state index contributed by atoms with van der Waals surface area (Å²) in [5, 5.41) is 6.51. The summed E-state index contributed by atoms with van der Waals surface area (Å²) >= 11 is 0. The Morgan fingerprint density at radius 3 is 3.10 bits per heavy atom. The van der Waals surface area contributed by atoms with Crippen molar-refractivity contribution in [3.63, 3.8) is 0 Å². The predicted molar refractivity (Wildman–Crippen MR) is 42.3 cm³/mol. The monoisotopic (exact) mass is 133 g/mol. The maximum atomic E-state index is 3.27. The van der Waals surface area contributed by atoms with Crippen LogP contribution in [0.5, 0.6) is 0 Å². The van der Waals surface area contributed by atoms with Crippen molar-refractivity contribution in [1.29, 1.82) is 0 Å². The molecule has 0 unspecified atom stereocenters. The van der Waals surface area contributed by atoms with Gasteiger partial charge in [-0.25, -0.2) is 0 Å². The molecule has 0 atom stereocenters. The smallest absolute Gasteiger partial charge is 0.0657 e. The van der Waals surface area contributed by atoms with Crippen molar-refractivity contribution in [2.24, 2.45) is 0 Å². The van der Waals surface area contributed by atoms with Crippen LogP contribution in [0.3, 0.4) is 0 Å². The van der Waals surface area contributed by atoms with Gasteiger partial charge < -0.3 is 10.6 Å². The average molecular weight is 133 g/mol. The Morgan fingerprint density at radius 2 is 2.20 bits per heavy atom. The van der Waals surface area contributed by atoms with Crippen LogP contribution in [0.15, 0.2) is 18.2 Å². The first-order valence-electron chi connectivity index (χ1n) is 3.45. The van der Waals surface area contributed by atoms with Gasteiger partial charge in [0, 0.05) is 19.2 Å². The molecule has 1 aromatic carbocycles. The van der Waals surface area contributed by atoms with E-state index in [4.69, 9.17) is 0 Å². The Kier molecular flexibility index (Phi) is 1.24. The second-order valence-corrected chi connectivity index (χ2v) is 2.31. The van der Waals surface area contributed by atoms with Gasteiger partial charge in [-0.05, 0) is 6.07 Å². The summed E-state index contributed by atoms with van der Waals surface area (Å²) in [7, 11) is 0. The fourth-order valence-electron chi connectivity index (χ4n) is 1.12. The van der Waals surface area contributed by atoms with Gasteiger partial charge in [-0.15, -0.1) is 0 Å². The minimum atomic E-state index is 0.994. The van der Waals surface area contributed by atoms with E-state index in [9.17, 15) is 0 Å². The van der Waals surface area contributed by atoms with E-state index in [-0.39, 0.29) is 0 Å². The van der Waals surface area contributed by atoms with Crippen molar-refractivity contribution in [1.82, 2.24) is 0 Å². The summed E-state index contributed by atoms with van der Waals surface area (Å²) in [5.74, 6) is 0. The largest absolute Gasteiger partial charge is 0.382 e. The molecule has 0 fully saturated rings. The standard InChI is InChI=1S/C8H9N2/c1-2-4-8-7(3-1)9-5-6-10-8/h1-3,9-10H,5-6H2. The molecule has 1 aliphatic heterocycles. The molecule has 2 N–H and O–H groups in total. The van der Waals surface area contributed by atoms with Crippen LogP contribution in [0.2, 0.25) is 0 Å². The van der Waals surface area contributed by atoms with Crippen molar-refractivity contribution < 1.29 is 0 Å². The molecule has 2 heteroatoms. The summed E-state index contributed by atoms with van der Waals surface area (Å²) in [4.78, 5) is 0. The molecular formula is C8H9N2. The van der Waals surface area contributed by atoms with Crippen LogP contribution in [0.1, 0.15) is 0 Å². The molecule has 0 aromatic heterocycles. The normalized spacial score (nSPS) is 14.8. The molecule has 0 amide bonds. The number of hydrogen-bond acceptors (Lipinski definition) is 2. The molecule has 1 heterocycles. The number of fused-ring (bicyclic) bond motifs is 1. The fourth-order valence-corrected chi connectivity index (χ4v) is 1.12. The topological polar surface area (TPSA) is 24.1 Å². The molecule has 1 aliphatic rings. The van der Waals surface area contributed by atoms with Gasteiger partial charge >= 0.3 is 0 Å². The SMILES string of the molecule is [c]1cccc2c1NCCN2. The zero-order chi connectivity index (χ0) is 6.81. The molecule has 1 aromatic rings. The van der Waals surface area contributed by atoms with Crippen molar-refractivity contribution >= 4 is 11.4 Å². The van der Waals surface area contributed by atoms with Crippen molar-refractivity contribution in [3.8, 4) is 0 Å². The molecule has 10 heavy (non-hydrogen) atoms. The second-order valence-electron chi connectivity index (χ2n) is 2.31. The lowest BCUT2D eigenvalue weighted by Gasteiger charge is -2.18. The first-order chi connectivity index (χ1) is 4.97. The lowest BCUT2D eigenvalue weighted by atomic mass is 10.2. The molecular weight excluding hydrogens is 124 g/mol. The lowest BCUT2D eigenvalue weighted by molar-refractivity contribution is 1.05. The summed E-state index contributed by atoms with van der Waals surface area (Å²) in [6.45, 7) is 2.00. The first kappa shape index (κ1) is 5.59.